The number of nitrogen functional groups attached to an aromatic ring is 1. The fourth-order valence-corrected chi connectivity index (χ4v) is 4.05. The molecule has 4 rings (SSSR count). The number of benzene rings is 2. The maximum Gasteiger partial charge on any atom is 0.335 e. The average molecular weight is 541 g/mol. The number of hydrogen-bond acceptors (Lipinski definition) is 8. The number of carbonyl (C=O) groups excluding carboxylic acids is 1. The smallest absolute Gasteiger partial charge is 0.335 e. The Balaban J connectivity index is 1.63. The van der Waals surface area contributed by atoms with Crippen molar-refractivity contribution in [3.05, 3.63) is 83.1 Å². The van der Waals surface area contributed by atoms with Crippen molar-refractivity contribution in [2.24, 2.45) is 0 Å². The van der Waals surface area contributed by atoms with Crippen LogP contribution in [0.1, 0.15) is 20.8 Å². The van der Waals surface area contributed by atoms with Gasteiger partial charge in [0.1, 0.15) is 35.0 Å². The van der Waals surface area contributed by atoms with Crippen LogP contribution in [0, 0.1) is 11.3 Å². The number of carbonyl (C=O) groups is 1. The summed E-state index contributed by atoms with van der Waals surface area (Å²) in [5, 5.41) is 12.4. The standard InChI is InChI=1S/C29H32N8O3/c1-19(34-27(38)20(16-30)15-29(2,3)35(4)5)17-36-26-24(25(31)32-18-33-26)37(28(36)39)21-11-13-23(14-12-21)40-22-9-7-6-8-10-22/h6-15,18-19H,17H2,1-5H3,(H,34,38)(H2,31,32,33)/b20-15+/t19-/m0/s1. The van der Waals surface area contributed by atoms with Crippen molar-refractivity contribution >= 4 is 22.9 Å². The van der Waals surface area contributed by atoms with Gasteiger partial charge >= 0.3 is 5.69 Å². The van der Waals surface area contributed by atoms with Crippen LogP contribution in [0.3, 0.4) is 0 Å². The summed E-state index contributed by atoms with van der Waals surface area (Å²) < 4.78 is 8.74. The summed E-state index contributed by atoms with van der Waals surface area (Å²) in [6.45, 7) is 5.65. The molecule has 0 spiro atoms. The Morgan fingerprint density at radius 3 is 2.42 bits per heavy atom. The molecule has 1 amide bonds. The van der Waals surface area contributed by atoms with Crippen LogP contribution in [-0.2, 0) is 11.3 Å². The first kappa shape index (κ1) is 28.1. The minimum Gasteiger partial charge on any atom is -0.457 e. The summed E-state index contributed by atoms with van der Waals surface area (Å²) in [5.41, 5.74) is 6.51. The lowest BCUT2D eigenvalue weighted by atomic mass is 10.00. The minimum atomic E-state index is -0.523. The van der Waals surface area contributed by atoms with Gasteiger partial charge < -0.3 is 20.7 Å². The van der Waals surface area contributed by atoms with Crippen LogP contribution in [-0.4, -0.2) is 55.6 Å². The third kappa shape index (κ3) is 5.87. The van der Waals surface area contributed by atoms with E-state index in [1.165, 1.54) is 15.5 Å². The van der Waals surface area contributed by atoms with E-state index < -0.39 is 23.2 Å². The van der Waals surface area contributed by atoms with E-state index >= 15 is 0 Å². The second-order valence-corrected chi connectivity index (χ2v) is 10.2. The minimum absolute atomic E-state index is 0.00953. The van der Waals surface area contributed by atoms with Crippen molar-refractivity contribution < 1.29 is 9.53 Å². The Morgan fingerprint density at radius 2 is 1.80 bits per heavy atom. The number of imidazole rings is 1. The van der Waals surface area contributed by atoms with E-state index in [1.807, 2.05) is 69.2 Å². The number of hydrogen-bond donors (Lipinski definition) is 2. The molecule has 0 saturated carbocycles. The fraction of sp³-hybridized carbons (Fsp3) is 0.276. The lowest BCUT2D eigenvalue weighted by molar-refractivity contribution is -0.117. The quantitative estimate of drug-likeness (QED) is 0.243. The lowest BCUT2D eigenvalue weighted by Crippen LogP contribution is -2.41. The number of anilines is 1. The van der Waals surface area contributed by atoms with E-state index in [9.17, 15) is 14.9 Å². The van der Waals surface area contributed by atoms with Gasteiger partial charge in [-0.25, -0.2) is 14.8 Å². The molecule has 0 radical (unpaired) electrons. The molecule has 0 unspecified atom stereocenters. The number of nitrogens with zero attached hydrogens (tertiary/aromatic N) is 6. The van der Waals surface area contributed by atoms with E-state index in [0.717, 1.165) is 0 Å². The Morgan fingerprint density at radius 1 is 1.15 bits per heavy atom. The molecule has 1 atom stereocenters. The highest BCUT2D eigenvalue weighted by molar-refractivity contribution is 5.97. The predicted molar refractivity (Wildman–Crippen MR) is 153 cm³/mol. The highest BCUT2D eigenvalue weighted by Crippen LogP contribution is 2.25. The predicted octanol–water partition coefficient (Wildman–Crippen LogP) is 3.25. The number of ether oxygens (including phenoxy) is 1. The molecule has 0 bridgehead atoms. The third-order valence-corrected chi connectivity index (χ3v) is 6.66. The maximum absolute atomic E-state index is 13.7. The lowest BCUT2D eigenvalue weighted by Gasteiger charge is -2.29. The van der Waals surface area contributed by atoms with Crippen molar-refractivity contribution in [3.8, 4) is 23.3 Å². The first-order valence-corrected chi connectivity index (χ1v) is 12.7. The highest BCUT2D eigenvalue weighted by Gasteiger charge is 2.24. The van der Waals surface area contributed by atoms with E-state index in [2.05, 4.69) is 15.3 Å². The molecule has 2 aromatic heterocycles. The first-order valence-electron chi connectivity index (χ1n) is 12.7. The molecular formula is C29H32N8O3. The van der Waals surface area contributed by atoms with Gasteiger partial charge in [-0.15, -0.1) is 0 Å². The summed E-state index contributed by atoms with van der Waals surface area (Å²) in [4.78, 5) is 36.9. The number of para-hydroxylation sites is 1. The SMILES string of the molecule is C[C@@H](Cn1c(=O)n(-c2ccc(Oc3ccccc3)cc2)c2c(N)ncnc21)NC(=O)/C(C#N)=C/C(C)(C)N(C)C. The zero-order chi connectivity index (χ0) is 29.0. The van der Waals surface area contributed by atoms with Crippen LogP contribution in [0.2, 0.25) is 0 Å². The van der Waals surface area contributed by atoms with Crippen molar-refractivity contribution in [3.63, 3.8) is 0 Å². The van der Waals surface area contributed by atoms with Gasteiger partial charge in [0.2, 0.25) is 0 Å². The molecule has 0 saturated heterocycles. The molecule has 40 heavy (non-hydrogen) atoms. The van der Waals surface area contributed by atoms with Gasteiger partial charge in [0.05, 0.1) is 5.69 Å². The van der Waals surface area contributed by atoms with Crippen molar-refractivity contribution in [2.45, 2.75) is 38.9 Å². The Labute approximate surface area is 232 Å². The Bertz CT molecular complexity index is 1650. The Kier molecular flexibility index (Phi) is 8.02. The molecule has 0 aliphatic heterocycles. The van der Waals surface area contributed by atoms with Crippen molar-refractivity contribution in [2.75, 3.05) is 19.8 Å². The zero-order valence-corrected chi connectivity index (χ0v) is 23.1. The van der Waals surface area contributed by atoms with Crippen LogP contribution in [0.4, 0.5) is 5.82 Å². The molecule has 0 fully saturated rings. The monoisotopic (exact) mass is 540 g/mol. The third-order valence-electron chi connectivity index (χ3n) is 6.66. The number of rotatable bonds is 9. The van der Waals surface area contributed by atoms with Gasteiger partial charge in [0.25, 0.3) is 5.91 Å². The Hall–Kier alpha value is -4.95. The number of nitrogens with two attached hydrogens (primary N) is 1. The van der Waals surface area contributed by atoms with E-state index in [4.69, 9.17) is 10.5 Å². The molecule has 11 heteroatoms. The van der Waals surface area contributed by atoms with Gasteiger partial charge in [0.15, 0.2) is 11.5 Å². The van der Waals surface area contributed by atoms with E-state index in [1.54, 1.807) is 37.3 Å². The second-order valence-electron chi connectivity index (χ2n) is 10.2. The first-order chi connectivity index (χ1) is 19.0. The van der Waals surface area contributed by atoms with Gasteiger partial charge in [0, 0.05) is 18.1 Å². The van der Waals surface area contributed by atoms with E-state index in [-0.39, 0.29) is 17.9 Å². The summed E-state index contributed by atoms with van der Waals surface area (Å²) in [7, 11) is 3.73. The van der Waals surface area contributed by atoms with E-state index in [0.29, 0.717) is 28.4 Å². The van der Waals surface area contributed by atoms with Gasteiger partial charge in [-0.1, -0.05) is 18.2 Å². The number of amides is 1. The largest absolute Gasteiger partial charge is 0.457 e. The van der Waals surface area contributed by atoms with Crippen molar-refractivity contribution in [1.29, 1.82) is 5.26 Å². The van der Waals surface area contributed by atoms with Crippen molar-refractivity contribution in [1.82, 2.24) is 29.3 Å². The molecule has 2 heterocycles. The fourth-order valence-electron chi connectivity index (χ4n) is 4.05. The number of fused-ring (bicyclic) bond motifs is 1. The summed E-state index contributed by atoms with van der Waals surface area (Å²) in [5.74, 6) is 0.913. The maximum atomic E-state index is 13.7. The van der Waals surface area contributed by atoms with Gasteiger partial charge in [-0.05, 0) is 77.3 Å². The topological polar surface area (TPSA) is 144 Å². The van der Waals surface area contributed by atoms with Crippen LogP contribution < -0.4 is 21.5 Å². The molecule has 2 aromatic carbocycles. The molecule has 4 aromatic rings. The second kappa shape index (κ2) is 11.4. The number of nitriles is 1. The number of likely N-dealkylation sites (N-methyl/N-ethyl adjacent to an activating group) is 1. The van der Waals surface area contributed by atoms with Gasteiger partial charge in [-0.3, -0.25) is 13.9 Å². The normalized spacial score (nSPS) is 12.8. The zero-order valence-electron chi connectivity index (χ0n) is 23.1. The molecule has 3 N–H and O–H groups in total. The summed E-state index contributed by atoms with van der Waals surface area (Å²) >= 11 is 0. The molecule has 11 nitrogen and oxygen atoms in total. The summed E-state index contributed by atoms with van der Waals surface area (Å²) in [6.07, 6.45) is 2.91. The van der Waals surface area contributed by atoms with Crippen LogP contribution in [0.5, 0.6) is 11.5 Å². The van der Waals surface area contributed by atoms with Crippen LogP contribution >= 0.6 is 0 Å². The van der Waals surface area contributed by atoms with Crippen LogP contribution in [0.15, 0.2) is 77.4 Å². The molecule has 206 valence electrons. The summed E-state index contributed by atoms with van der Waals surface area (Å²) in [6, 6.07) is 17.8. The number of aromatic nitrogens is 4. The molecular weight excluding hydrogens is 508 g/mol. The molecule has 0 aliphatic carbocycles. The van der Waals surface area contributed by atoms with Crippen LogP contribution in [0.25, 0.3) is 16.9 Å². The number of nitrogens with one attached hydrogen (secondary N) is 1. The van der Waals surface area contributed by atoms with Gasteiger partial charge in [-0.2, -0.15) is 5.26 Å². The average Bonchev–Trinajstić information content (AvgIpc) is 3.20. The molecule has 0 aliphatic rings. The highest BCUT2D eigenvalue weighted by atomic mass is 16.5.